The molecule has 0 unspecified atom stereocenters. The SMILES string of the molecule is C=C/C=C(\C=C/C)c1ccc2c(c1)c1cc(-c3ccc4c(c3)c3cc(-c5ccc(C)cc5)ccc3n4-c3ccc4oc(/C=C\C)c(C=C)c4c3)ccc1n2-c1ccc2oc3ccccc3c2c1. The largest absolute Gasteiger partial charge is 0.456 e. The van der Waals surface area contributed by atoms with Crippen LogP contribution in [-0.4, -0.2) is 9.13 Å². The van der Waals surface area contributed by atoms with Crippen molar-refractivity contribution in [1.29, 1.82) is 0 Å². The minimum absolute atomic E-state index is 0.815. The van der Waals surface area contributed by atoms with Gasteiger partial charge in [0.25, 0.3) is 0 Å². The van der Waals surface area contributed by atoms with Crippen LogP contribution in [0.4, 0.5) is 0 Å². The van der Waals surface area contributed by atoms with Gasteiger partial charge in [-0.25, -0.2) is 0 Å². The topological polar surface area (TPSA) is 36.1 Å². The summed E-state index contributed by atoms with van der Waals surface area (Å²) in [6.45, 7) is 14.4. The molecular formula is C63H46N2O2. The van der Waals surface area contributed by atoms with E-state index in [2.05, 4.69) is 200 Å². The molecule has 4 aromatic heterocycles. The number of aryl methyl sites for hydroxylation is 1. The Kier molecular flexibility index (Phi) is 9.44. The molecule has 67 heavy (non-hydrogen) atoms. The van der Waals surface area contributed by atoms with Gasteiger partial charge in [0.15, 0.2) is 0 Å². The van der Waals surface area contributed by atoms with Crippen molar-refractivity contribution in [3.63, 3.8) is 0 Å². The number of nitrogens with zero attached hydrogens (tertiary/aromatic N) is 2. The van der Waals surface area contributed by atoms with E-state index in [4.69, 9.17) is 8.83 Å². The highest BCUT2D eigenvalue weighted by molar-refractivity contribution is 6.14. The van der Waals surface area contributed by atoms with Gasteiger partial charge >= 0.3 is 0 Å². The molecule has 12 rings (SSSR count). The first-order valence-electron chi connectivity index (χ1n) is 22.9. The Morgan fingerprint density at radius 1 is 0.478 bits per heavy atom. The summed E-state index contributed by atoms with van der Waals surface area (Å²) in [7, 11) is 0. The zero-order valence-electron chi connectivity index (χ0n) is 37.7. The highest BCUT2D eigenvalue weighted by Gasteiger charge is 2.20. The van der Waals surface area contributed by atoms with Crippen molar-refractivity contribution < 1.29 is 8.83 Å². The van der Waals surface area contributed by atoms with E-state index >= 15 is 0 Å². The summed E-state index contributed by atoms with van der Waals surface area (Å²) in [4.78, 5) is 0. The minimum atomic E-state index is 0.815. The van der Waals surface area contributed by atoms with E-state index in [1.807, 2.05) is 43.4 Å². The quantitative estimate of drug-likeness (QED) is 0.136. The molecule has 0 bridgehead atoms. The van der Waals surface area contributed by atoms with E-state index in [9.17, 15) is 0 Å². The Labute approximate surface area is 388 Å². The Morgan fingerprint density at radius 3 is 1.61 bits per heavy atom. The summed E-state index contributed by atoms with van der Waals surface area (Å²) in [6, 6.07) is 57.7. The Morgan fingerprint density at radius 2 is 1.01 bits per heavy atom. The zero-order valence-corrected chi connectivity index (χ0v) is 37.7. The first-order chi connectivity index (χ1) is 32.9. The van der Waals surface area contributed by atoms with E-state index in [1.165, 1.54) is 38.2 Å². The normalized spacial score (nSPS) is 12.5. The number of para-hydroxylation sites is 1. The Bertz CT molecular complexity index is 4100. The fourth-order valence-corrected chi connectivity index (χ4v) is 10.2. The van der Waals surface area contributed by atoms with Gasteiger partial charge in [0.05, 0.1) is 22.1 Å². The summed E-state index contributed by atoms with van der Waals surface area (Å²) in [5.74, 6) is 0.815. The number of allylic oxidation sites excluding steroid dienone is 6. The molecule has 0 N–H and O–H groups in total. The van der Waals surface area contributed by atoms with Crippen LogP contribution >= 0.6 is 0 Å². The molecule has 0 spiro atoms. The molecule has 0 aliphatic carbocycles. The molecule has 0 aliphatic rings. The van der Waals surface area contributed by atoms with Crippen LogP contribution in [0.5, 0.6) is 0 Å². The molecule has 0 radical (unpaired) electrons. The van der Waals surface area contributed by atoms with Gasteiger partial charge in [-0.3, -0.25) is 0 Å². The number of hydrogen-bond acceptors (Lipinski definition) is 2. The molecule has 320 valence electrons. The fraction of sp³-hybridized carbons (Fsp3) is 0.0476. The minimum Gasteiger partial charge on any atom is -0.456 e. The summed E-state index contributed by atoms with van der Waals surface area (Å²) < 4.78 is 17.3. The first kappa shape index (κ1) is 40.0. The molecule has 0 amide bonds. The van der Waals surface area contributed by atoms with Gasteiger partial charge in [-0.1, -0.05) is 122 Å². The van der Waals surface area contributed by atoms with Crippen LogP contribution in [-0.2, 0) is 0 Å². The monoisotopic (exact) mass is 862 g/mol. The molecule has 12 aromatic rings. The summed E-state index contributed by atoms with van der Waals surface area (Å²) >= 11 is 0. The molecule has 4 heterocycles. The second-order valence-corrected chi connectivity index (χ2v) is 17.4. The highest BCUT2D eigenvalue weighted by Crippen LogP contribution is 2.42. The maximum Gasteiger partial charge on any atom is 0.135 e. The van der Waals surface area contributed by atoms with Crippen molar-refractivity contribution >= 4 is 94.2 Å². The lowest BCUT2D eigenvalue weighted by Gasteiger charge is -2.10. The summed E-state index contributed by atoms with van der Waals surface area (Å²) in [5, 5.41) is 7.98. The molecule has 0 saturated heterocycles. The number of aromatic nitrogens is 2. The maximum absolute atomic E-state index is 6.29. The van der Waals surface area contributed by atoms with Gasteiger partial charge in [-0.15, -0.1) is 0 Å². The van der Waals surface area contributed by atoms with Crippen molar-refractivity contribution in [2.24, 2.45) is 0 Å². The predicted molar refractivity (Wildman–Crippen MR) is 286 cm³/mol. The maximum atomic E-state index is 6.29. The number of fused-ring (bicyclic) bond motifs is 10. The standard InChI is InChI=1S/C63H46N2O2/c1-6-12-40(13-7-2)42-21-27-56-50(33-42)52-35-44(24-30-59(52)65(56)47-26-32-63-55(38-47)49-15-10-11-16-61(49)67-63)45-23-29-58-53(36-45)51-34-43(41-19-17-39(5)18-20-41)22-28-57(51)64(58)46-25-31-62-54(37-46)48(9-4)60(66-62)14-8-3/h6-38H,1,4H2,2-3,5H3/b13-7-,14-8-,40-12+. The van der Waals surface area contributed by atoms with E-state index in [0.29, 0.717) is 0 Å². The number of hydrogen-bond donors (Lipinski definition) is 0. The first-order valence-corrected chi connectivity index (χ1v) is 22.9. The van der Waals surface area contributed by atoms with Gasteiger partial charge in [0, 0.05) is 54.6 Å². The molecule has 4 nitrogen and oxygen atoms in total. The zero-order chi connectivity index (χ0) is 45.3. The Balaban J connectivity index is 1.08. The third kappa shape index (κ3) is 6.44. The van der Waals surface area contributed by atoms with Crippen molar-refractivity contribution in [2.45, 2.75) is 20.8 Å². The van der Waals surface area contributed by atoms with Crippen LogP contribution in [0.15, 0.2) is 210 Å². The second-order valence-electron chi connectivity index (χ2n) is 17.4. The van der Waals surface area contributed by atoms with E-state index in [1.54, 1.807) is 0 Å². The lowest BCUT2D eigenvalue weighted by atomic mass is 9.98. The third-order valence-corrected chi connectivity index (χ3v) is 13.4. The smallest absolute Gasteiger partial charge is 0.135 e. The number of furan rings is 2. The molecule has 4 heteroatoms. The van der Waals surface area contributed by atoms with Crippen LogP contribution in [0.1, 0.15) is 36.3 Å². The summed E-state index contributed by atoms with van der Waals surface area (Å²) in [6.07, 6.45) is 14.1. The fourth-order valence-electron chi connectivity index (χ4n) is 10.2. The number of rotatable bonds is 9. The van der Waals surface area contributed by atoms with E-state index in [-0.39, 0.29) is 0 Å². The van der Waals surface area contributed by atoms with Crippen molar-refractivity contribution in [1.82, 2.24) is 9.13 Å². The lowest BCUT2D eigenvalue weighted by molar-refractivity contribution is 0.603. The van der Waals surface area contributed by atoms with Gasteiger partial charge < -0.3 is 18.0 Å². The van der Waals surface area contributed by atoms with Gasteiger partial charge in [0.2, 0.25) is 0 Å². The van der Waals surface area contributed by atoms with E-state index in [0.717, 1.165) is 99.9 Å². The van der Waals surface area contributed by atoms with E-state index < -0.39 is 0 Å². The third-order valence-electron chi connectivity index (χ3n) is 13.4. The van der Waals surface area contributed by atoms with Crippen molar-refractivity contribution in [3.8, 4) is 33.6 Å². The van der Waals surface area contributed by atoms with Crippen LogP contribution in [0.25, 0.3) is 128 Å². The average molecular weight is 863 g/mol. The molecule has 0 saturated carbocycles. The van der Waals surface area contributed by atoms with Crippen LogP contribution in [0.3, 0.4) is 0 Å². The van der Waals surface area contributed by atoms with Gasteiger partial charge in [-0.2, -0.15) is 0 Å². The number of benzene rings is 8. The lowest BCUT2D eigenvalue weighted by Crippen LogP contribution is -1.94. The van der Waals surface area contributed by atoms with Gasteiger partial charge in [0.1, 0.15) is 22.5 Å². The van der Waals surface area contributed by atoms with Crippen LogP contribution in [0, 0.1) is 6.92 Å². The predicted octanol–water partition coefficient (Wildman–Crippen LogP) is 18.0. The van der Waals surface area contributed by atoms with Crippen molar-refractivity contribution in [2.75, 3.05) is 0 Å². The average Bonchev–Trinajstić information content (AvgIpc) is 4.10. The molecule has 0 fully saturated rings. The summed E-state index contributed by atoms with van der Waals surface area (Å²) in [5.41, 5.74) is 18.4. The Hall–Kier alpha value is -8.60. The molecule has 0 aliphatic heterocycles. The van der Waals surface area contributed by atoms with Crippen molar-refractivity contribution in [3.05, 3.63) is 224 Å². The second kappa shape index (κ2) is 15.8. The van der Waals surface area contributed by atoms with Crippen LogP contribution < -0.4 is 0 Å². The molecular weight excluding hydrogens is 817 g/mol. The molecule has 0 atom stereocenters. The highest BCUT2D eigenvalue weighted by atomic mass is 16.3. The van der Waals surface area contributed by atoms with Gasteiger partial charge in [-0.05, 0) is 151 Å². The van der Waals surface area contributed by atoms with Crippen LogP contribution in [0.2, 0.25) is 0 Å². The molecule has 8 aromatic carbocycles.